The van der Waals surface area contributed by atoms with Gasteiger partial charge < -0.3 is 14.4 Å². The van der Waals surface area contributed by atoms with Gasteiger partial charge in [-0.05, 0) is 30.5 Å². The number of hydrogen-bond donors (Lipinski definition) is 1. The predicted molar refractivity (Wildman–Crippen MR) is 85.0 cm³/mol. The highest BCUT2D eigenvalue weighted by Crippen LogP contribution is 2.38. The van der Waals surface area contributed by atoms with E-state index in [0.29, 0.717) is 18.3 Å². The lowest BCUT2D eigenvalue weighted by Crippen LogP contribution is -2.34. The maximum absolute atomic E-state index is 12.5. The lowest BCUT2D eigenvalue weighted by atomic mass is 10.0. The number of fused-ring (bicyclic) bond motifs is 1. The van der Waals surface area contributed by atoms with Crippen LogP contribution in [0.3, 0.4) is 0 Å². The molecule has 120 valence electrons. The Bertz CT molecular complexity index is 707. The molecule has 0 bridgehead atoms. The van der Waals surface area contributed by atoms with Crippen molar-refractivity contribution < 1.29 is 14.3 Å². The molecule has 1 aromatic carbocycles. The van der Waals surface area contributed by atoms with Gasteiger partial charge in [0.2, 0.25) is 5.13 Å². The third-order valence-corrected chi connectivity index (χ3v) is 4.65. The van der Waals surface area contributed by atoms with Crippen molar-refractivity contribution in [1.82, 2.24) is 15.1 Å². The van der Waals surface area contributed by atoms with Crippen molar-refractivity contribution in [2.75, 3.05) is 25.1 Å². The van der Waals surface area contributed by atoms with Crippen LogP contribution in [0.15, 0.2) is 23.7 Å². The first-order valence-electron chi connectivity index (χ1n) is 7.54. The van der Waals surface area contributed by atoms with Crippen LogP contribution in [0.5, 0.6) is 11.5 Å². The van der Waals surface area contributed by atoms with Gasteiger partial charge in [0.25, 0.3) is 0 Å². The van der Waals surface area contributed by atoms with E-state index in [1.54, 1.807) is 5.51 Å². The molecule has 8 heteroatoms. The third kappa shape index (κ3) is 2.81. The summed E-state index contributed by atoms with van der Waals surface area (Å²) in [6.07, 6.45) is 1.91. The van der Waals surface area contributed by atoms with Gasteiger partial charge in [-0.3, -0.25) is 5.32 Å². The number of nitrogens with one attached hydrogen (secondary N) is 1. The normalized spacial score (nSPS) is 19.7. The highest BCUT2D eigenvalue weighted by Gasteiger charge is 2.31. The summed E-state index contributed by atoms with van der Waals surface area (Å²) in [7, 11) is 0. The van der Waals surface area contributed by atoms with Gasteiger partial charge in [-0.15, -0.1) is 10.2 Å². The summed E-state index contributed by atoms with van der Waals surface area (Å²) in [5.41, 5.74) is 2.66. The molecule has 2 aromatic rings. The fourth-order valence-electron chi connectivity index (χ4n) is 3.01. The molecule has 2 amide bonds. The molecular weight excluding hydrogens is 316 g/mol. The van der Waals surface area contributed by atoms with Gasteiger partial charge in [0.1, 0.15) is 18.7 Å². The molecule has 7 nitrogen and oxygen atoms in total. The summed E-state index contributed by atoms with van der Waals surface area (Å²) in [5, 5.41) is 10.9. The number of nitrogens with zero attached hydrogens (tertiary/aromatic N) is 3. The maximum Gasteiger partial charge on any atom is 0.324 e. The molecule has 2 aliphatic heterocycles. The van der Waals surface area contributed by atoms with Crippen molar-refractivity contribution in [2.24, 2.45) is 0 Å². The number of aromatic nitrogens is 2. The average molecular weight is 332 g/mol. The van der Waals surface area contributed by atoms with Gasteiger partial charge in [0, 0.05) is 6.54 Å². The number of benzene rings is 1. The van der Waals surface area contributed by atoms with E-state index in [0.717, 1.165) is 36.4 Å². The summed E-state index contributed by atoms with van der Waals surface area (Å²) in [4.78, 5) is 14.3. The Kier molecular flexibility index (Phi) is 3.74. The quantitative estimate of drug-likeness (QED) is 0.915. The standard InChI is InChI=1S/C15H16N4O3S/c20-15(17-14-18-16-9-23-14)19-5-1-2-11(19)10-3-4-12-13(8-10)22-7-6-21-12/h3-4,8-9,11H,1-2,5-7H2,(H,17,18,20)/t11-/m1/s1. The molecule has 0 radical (unpaired) electrons. The minimum absolute atomic E-state index is 0.0405. The number of urea groups is 1. The van der Waals surface area contributed by atoms with Gasteiger partial charge in [0.05, 0.1) is 6.04 Å². The second-order valence-electron chi connectivity index (χ2n) is 5.43. The Morgan fingerprint density at radius 1 is 1.30 bits per heavy atom. The lowest BCUT2D eigenvalue weighted by molar-refractivity contribution is 0.170. The minimum Gasteiger partial charge on any atom is -0.486 e. The number of likely N-dealkylation sites (tertiary alicyclic amines) is 1. The second kappa shape index (κ2) is 6.04. The number of rotatable bonds is 2. The molecule has 1 aromatic heterocycles. The Morgan fingerprint density at radius 2 is 2.17 bits per heavy atom. The average Bonchev–Trinajstić information content (AvgIpc) is 3.25. The van der Waals surface area contributed by atoms with E-state index < -0.39 is 0 Å². The van der Waals surface area contributed by atoms with E-state index >= 15 is 0 Å². The topological polar surface area (TPSA) is 76.6 Å². The first-order valence-corrected chi connectivity index (χ1v) is 8.42. The van der Waals surface area contributed by atoms with Gasteiger partial charge in [0.15, 0.2) is 11.5 Å². The molecule has 4 rings (SSSR count). The minimum atomic E-state index is -0.140. The summed E-state index contributed by atoms with van der Waals surface area (Å²) < 4.78 is 11.2. The van der Waals surface area contributed by atoms with Crippen molar-refractivity contribution >= 4 is 22.5 Å². The SMILES string of the molecule is O=C(Nc1nncs1)N1CCC[C@@H]1c1ccc2c(c1)OCCO2. The number of ether oxygens (including phenoxy) is 2. The van der Waals surface area contributed by atoms with E-state index in [4.69, 9.17) is 9.47 Å². The first-order chi connectivity index (χ1) is 11.3. The van der Waals surface area contributed by atoms with Gasteiger partial charge in [-0.2, -0.15) is 0 Å². The van der Waals surface area contributed by atoms with E-state index in [9.17, 15) is 4.79 Å². The molecule has 3 heterocycles. The predicted octanol–water partition coefficient (Wildman–Crippen LogP) is 2.68. The Balaban J connectivity index is 1.54. The van der Waals surface area contributed by atoms with Gasteiger partial charge in [-0.1, -0.05) is 17.4 Å². The van der Waals surface area contributed by atoms with Crippen LogP contribution >= 0.6 is 11.3 Å². The largest absolute Gasteiger partial charge is 0.486 e. The first kappa shape index (κ1) is 14.3. The molecule has 0 spiro atoms. The number of carbonyl (C=O) groups excluding carboxylic acids is 1. The van der Waals surface area contributed by atoms with Crippen molar-refractivity contribution in [3.63, 3.8) is 0 Å². The highest BCUT2D eigenvalue weighted by atomic mass is 32.1. The summed E-state index contributed by atoms with van der Waals surface area (Å²) >= 11 is 1.31. The molecular formula is C15H16N4O3S. The monoisotopic (exact) mass is 332 g/mol. The van der Waals surface area contributed by atoms with Crippen molar-refractivity contribution in [2.45, 2.75) is 18.9 Å². The summed E-state index contributed by atoms with van der Waals surface area (Å²) in [6.45, 7) is 1.86. The number of anilines is 1. The molecule has 1 saturated heterocycles. The van der Waals surface area contributed by atoms with Crippen molar-refractivity contribution in [3.05, 3.63) is 29.3 Å². The fourth-order valence-corrected chi connectivity index (χ4v) is 3.45. The zero-order chi connectivity index (χ0) is 15.6. The smallest absolute Gasteiger partial charge is 0.324 e. The molecule has 2 aliphatic rings. The number of hydrogen-bond acceptors (Lipinski definition) is 6. The zero-order valence-corrected chi connectivity index (χ0v) is 13.2. The van der Waals surface area contributed by atoms with E-state index in [-0.39, 0.29) is 12.1 Å². The van der Waals surface area contributed by atoms with Crippen LogP contribution in [0, 0.1) is 0 Å². The van der Waals surface area contributed by atoms with Crippen molar-refractivity contribution in [3.8, 4) is 11.5 Å². The highest BCUT2D eigenvalue weighted by molar-refractivity contribution is 7.13. The Hall–Kier alpha value is -2.35. The van der Waals surface area contributed by atoms with Crippen LogP contribution in [0.2, 0.25) is 0 Å². The Morgan fingerprint density at radius 3 is 3.00 bits per heavy atom. The molecule has 23 heavy (non-hydrogen) atoms. The summed E-state index contributed by atoms with van der Waals surface area (Å²) in [6, 6.07) is 5.81. The summed E-state index contributed by atoms with van der Waals surface area (Å²) in [5.74, 6) is 1.52. The van der Waals surface area contributed by atoms with Crippen LogP contribution in [0.4, 0.5) is 9.93 Å². The van der Waals surface area contributed by atoms with Crippen LogP contribution in [0.25, 0.3) is 0 Å². The van der Waals surface area contributed by atoms with Crippen molar-refractivity contribution in [1.29, 1.82) is 0 Å². The van der Waals surface area contributed by atoms with Crippen LogP contribution in [0.1, 0.15) is 24.4 Å². The Labute approximate surface area is 137 Å². The lowest BCUT2D eigenvalue weighted by Gasteiger charge is -2.26. The van der Waals surface area contributed by atoms with E-state index in [1.807, 2.05) is 23.1 Å². The van der Waals surface area contributed by atoms with Crippen LogP contribution < -0.4 is 14.8 Å². The van der Waals surface area contributed by atoms with E-state index in [2.05, 4.69) is 15.5 Å². The molecule has 0 aliphatic carbocycles. The fraction of sp³-hybridized carbons (Fsp3) is 0.400. The molecule has 0 saturated carbocycles. The molecule has 0 unspecified atom stereocenters. The van der Waals surface area contributed by atoms with Gasteiger partial charge >= 0.3 is 6.03 Å². The molecule has 1 N–H and O–H groups in total. The zero-order valence-electron chi connectivity index (χ0n) is 12.4. The molecule has 1 atom stereocenters. The van der Waals surface area contributed by atoms with Crippen LogP contribution in [-0.4, -0.2) is 40.9 Å². The third-order valence-electron chi connectivity index (χ3n) is 4.04. The number of carbonyl (C=O) groups is 1. The maximum atomic E-state index is 12.5. The van der Waals surface area contributed by atoms with Gasteiger partial charge in [-0.25, -0.2) is 4.79 Å². The number of amides is 2. The van der Waals surface area contributed by atoms with E-state index in [1.165, 1.54) is 11.3 Å². The van der Waals surface area contributed by atoms with Crippen LogP contribution in [-0.2, 0) is 0 Å². The molecule has 1 fully saturated rings. The second-order valence-corrected chi connectivity index (χ2v) is 6.26.